The van der Waals surface area contributed by atoms with E-state index in [0.717, 1.165) is 26.1 Å². The van der Waals surface area contributed by atoms with E-state index in [1.807, 2.05) is 0 Å². The van der Waals surface area contributed by atoms with Crippen LogP contribution in [0.25, 0.3) is 0 Å². The minimum absolute atomic E-state index is 0.158. The Bertz CT molecular complexity index is 173. The largest absolute Gasteiger partial charge is 0.393 e. The van der Waals surface area contributed by atoms with Gasteiger partial charge in [0, 0.05) is 25.7 Å². The second-order valence-corrected chi connectivity index (χ2v) is 4.94. The first kappa shape index (κ1) is 12.0. The average Bonchev–Trinajstić information content (AvgIpc) is 2.11. The second kappa shape index (κ2) is 5.10. The summed E-state index contributed by atoms with van der Waals surface area (Å²) in [6.45, 7) is 7.51. The monoisotopic (exact) mass is 200 g/mol. The molecule has 0 aromatic heterocycles. The van der Waals surface area contributed by atoms with Gasteiger partial charge in [-0.25, -0.2) is 0 Å². The minimum atomic E-state index is -0.158. The van der Waals surface area contributed by atoms with Gasteiger partial charge in [0.05, 0.1) is 6.10 Å². The van der Waals surface area contributed by atoms with Crippen molar-refractivity contribution in [2.24, 2.45) is 5.92 Å². The first-order valence-corrected chi connectivity index (χ1v) is 5.57. The van der Waals surface area contributed by atoms with Crippen molar-refractivity contribution in [2.75, 3.05) is 33.7 Å². The van der Waals surface area contributed by atoms with Crippen molar-refractivity contribution in [1.29, 1.82) is 0 Å². The minimum Gasteiger partial charge on any atom is -0.393 e. The Balaban J connectivity index is 2.41. The Kier molecular flexibility index (Phi) is 4.35. The molecule has 1 N–H and O–H groups in total. The Morgan fingerprint density at radius 2 is 1.93 bits per heavy atom. The Hall–Kier alpha value is -0.120. The molecule has 1 aliphatic heterocycles. The average molecular weight is 200 g/mol. The summed E-state index contributed by atoms with van der Waals surface area (Å²) in [5.74, 6) is 0.371. The van der Waals surface area contributed by atoms with Gasteiger partial charge >= 0.3 is 0 Å². The van der Waals surface area contributed by atoms with Gasteiger partial charge in [0.1, 0.15) is 0 Å². The summed E-state index contributed by atoms with van der Waals surface area (Å²) in [5.41, 5.74) is 0. The summed E-state index contributed by atoms with van der Waals surface area (Å²) in [4.78, 5) is 4.71. The zero-order valence-corrected chi connectivity index (χ0v) is 9.90. The molecule has 0 radical (unpaired) electrons. The maximum Gasteiger partial charge on any atom is 0.0578 e. The highest BCUT2D eigenvalue weighted by molar-refractivity contribution is 4.81. The van der Waals surface area contributed by atoms with Crippen molar-refractivity contribution in [2.45, 2.75) is 32.4 Å². The summed E-state index contributed by atoms with van der Waals surface area (Å²) >= 11 is 0. The van der Waals surface area contributed by atoms with Crippen LogP contribution in [-0.2, 0) is 0 Å². The van der Waals surface area contributed by atoms with E-state index in [1.165, 1.54) is 0 Å². The predicted octanol–water partition coefficient (Wildman–Crippen LogP) is 0.639. The molecule has 0 amide bonds. The Morgan fingerprint density at radius 3 is 2.50 bits per heavy atom. The molecule has 3 heteroatoms. The number of aliphatic hydroxyl groups is 1. The second-order valence-electron chi connectivity index (χ2n) is 4.94. The van der Waals surface area contributed by atoms with Gasteiger partial charge in [-0.05, 0) is 26.4 Å². The van der Waals surface area contributed by atoms with Crippen LogP contribution in [0, 0.1) is 5.92 Å². The van der Waals surface area contributed by atoms with Crippen LogP contribution in [0.2, 0.25) is 0 Å². The Morgan fingerprint density at radius 1 is 1.29 bits per heavy atom. The van der Waals surface area contributed by atoms with Crippen molar-refractivity contribution in [3.05, 3.63) is 0 Å². The lowest BCUT2D eigenvalue weighted by atomic mass is 9.98. The third kappa shape index (κ3) is 3.23. The number of aliphatic hydroxyl groups excluding tert-OH is 1. The molecule has 0 aliphatic carbocycles. The van der Waals surface area contributed by atoms with E-state index < -0.39 is 0 Å². The van der Waals surface area contributed by atoms with Crippen LogP contribution in [0.1, 0.15) is 20.3 Å². The molecule has 0 saturated carbocycles. The molecule has 2 unspecified atom stereocenters. The molecule has 1 aliphatic rings. The standard InChI is InChI=1S/C11H24N2O/c1-9(2)11(14)7-10-8-12(3)5-6-13(10)4/h9-11,14H,5-8H2,1-4H3. The summed E-state index contributed by atoms with van der Waals surface area (Å²) in [6.07, 6.45) is 0.743. The van der Waals surface area contributed by atoms with Crippen LogP contribution in [0.15, 0.2) is 0 Å². The van der Waals surface area contributed by atoms with Gasteiger partial charge < -0.3 is 14.9 Å². The van der Waals surface area contributed by atoms with Gasteiger partial charge in [-0.15, -0.1) is 0 Å². The molecule has 2 atom stereocenters. The lowest BCUT2D eigenvalue weighted by molar-refractivity contribution is 0.0446. The van der Waals surface area contributed by atoms with Crippen LogP contribution in [0.3, 0.4) is 0 Å². The third-order valence-corrected chi connectivity index (χ3v) is 3.26. The van der Waals surface area contributed by atoms with Gasteiger partial charge in [0.15, 0.2) is 0 Å². The maximum atomic E-state index is 9.84. The topological polar surface area (TPSA) is 26.7 Å². The van der Waals surface area contributed by atoms with Crippen LogP contribution < -0.4 is 0 Å². The lowest BCUT2D eigenvalue weighted by Crippen LogP contribution is -2.51. The van der Waals surface area contributed by atoms with E-state index in [-0.39, 0.29) is 6.10 Å². The number of nitrogens with zero attached hydrogens (tertiary/aromatic N) is 2. The highest BCUT2D eigenvalue weighted by atomic mass is 16.3. The molecule has 0 aromatic rings. The summed E-state index contributed by atoms with van der Waals surface area (Å²) in [7, 11) is 4.31. The number of likely N-dealkylation sites (N-methyl/N-ethyl adjacent to an activating group) is 2. The summed E-state index contributed by atoms with van der Waals surface area (Å²) in [5, 5.41) is 9.84. The van der Waals surface area contributed by atoms with E-state index in [4.69, 9.17) is 0 Å². The smallest absolute Gasteiger partial charge is 0.0578 e. The van der Waals surface area contributed by atoms with E-state index in [2.05, 4.69) is 37.7 Å². The summed E-state index contributed by atoms with van der Waals surface area (Å²) in [6, 6.07) is 0.520. The van der Waals surface area contributed by atoms with E-state index in [1.54, 1.807) is 0 Å². The molecule has 1 fully saturated rings. The van der Waals surface area contributed by atoms with Gasteiger partial charge in [0.2, 0.25) is 0 Å². The van der Waals surface area contributed by atoms with Crippen molar-refractivity contribution in [3.8, 4) is 0 Å². The predicted molar refractivity (Wildman–Crippen MR) is 59.4 cm³/mol. The van der Waals surface area contributed by atoms with Gasteiger partial charge in [-0.3, -0.25) is 0 Å². The first-order valence-electron chi connectivity index (χ1n) is 5.57. The fraction of sp³-hybridized carbons (Fsp3) is 1.00. The highest BCUT2D eigenvalue weighted by Crippen LogP contribution is 2.15. The number of hydrogen-bond donors (Lipinski definition) is 1. The van der Waals surface area contributed by atoms with Gasteiger partial charge in [-0.2, -0.15) is 0 Å². The van der Waals surface area contributed by atoms with Crippen LogP contribution >= 0.6 is 0 Å². The number of rotatable bonds is 3. The molecule has 0 aromatic carbocycles. The van der Waals surface area contributed by atoms with Crippen molar-refractivity contribution >= 4 is 0 Å². The molecule has 3 nitrogen and oxygen atoms in total. The van der Waals surface area contributed by atoms with Gasteiger partial charge in [0.25, 0.3) is 0 Å². The van der Waals surface area contributed by atoms with Gasteiger partial charge in [-0.1, -0.05) is 13.8 Å². The fourth-order valence-corrected chi connectivity index (χ4v) is 1.91. The fourth-order valence-electron chi connectivity index (χ4n) is 1.91. The molecule has 1 rings (SSSR count). The van der Waals surface area contributed by atoms with Crippen molar-refractivity contribution in [1.82, 2.24) is 9.80 Å². The number of piperazine rings is 1. The van der Waals surface area contributed by atoms with E-state index >= 15 is 0 Å². The van der Waals surface area contributed by atoms with Crippen molar-refractivity contribution in [3.63, 3.8) is 0 Å². The molecule has 0 spiro atoms. The van der Waals surface area contributed by atoms with Crippen molar-refractivity contribution < 1.29 is 5.11 Å². The van der Waals surface area contributed by atoms with Crippen LogP contribution in [0.5, 0.6) is 0 Å². The zero-order chi connectivity index (χ0) is 10.7. The normalized spacial score (nSPS) is 28.3. The SMILES string of the molecule is CC(C)C(O)CC1CN(C)CCN1C. The van der Waals surface area contributed by atoms with E-state index in [0.29, 0.717) is 12.0 Å². The lowest BCUT2D eigenvalue weighted by Gasteiger charge is -2.39. The molecule has 1 saturated heterocycles. The molecular formula is C11H24N2O. The molecule has 0 bridgehead atoms. The zero-order valence-electron chi connectivity index (χ0n) is 9.90. The van der Waals surface area contributed by atoms with Crippen LogP contribution in [-0.4, -0.2) is 60.8 Å². The first-order chi connectivity index (χ1) is 6.50. The molecular weight excluding hydrogens is 176 g/mol. The maximum absolute atomic E-state index is 9.84. The molecule has 84 valence electrons. The number of hydrogen-bond acceptors (Lipinski definition) is 3. The Labute approximate surface area is 87.7 Å². The summed E-state index contributed by atoms with van der Waals surface area (Å²) < 4.78 is 0. The molecule has 14 heavy (non-hydrogen) atoms. The third-order valence-electron chi connectivity index (χ3n) is 3.26. The van der Waals surface area contributed by atoms with E-state index in [9.17, 15) is 5.11 Å². The molecule has 1 heterocycles. The highest BCUT2D eigenvalue weighted by Gasteiger charge is 2.25. The quantitative estimate of drug-likeness (QED) is 0.724. The van der Waals surface area contributed by atoms with Crippen LogP contribution in [0.4, 0.5) is 0 Å².